The molecule has 3 rings (SSSR count). The lowest BCUT2D eigenvalue weighted by Gasteiger charge is -2.17. The summed E-state index contributed by atoms with van der Waals surface area (Å²) < 4.78 is 0. The van der Waals surface area contributed by atoms with Crippen LogP contribution in [0.25, 0.3) is 10.9 Å². The third-order valence-electron chi connectivity index (χ3n) is 5.11. The van der Waals surface area contributed by atoms with E-state index >= 15 is 0 Å². The van der Waals surface area contributed by atoms with Crippen molar-refractivity contribution in [1.82, 2.24) is 14.9 Å². The molecule has 0 aliphatic heterocycles. The number of nitrogens with one attached hydrogen (secondary N) is 1. The molecule has 1 aromatic carbocycles. The van der Waals surface area contributed by atoms with E-state index in [-0.39, 0.29) is 28.7 Å². The number of nitrogens with zero attached hydrogens (tertiary/aromatic N) is 2. The Bertz CT molecular complexity index is 907. The topological polar surface area (TPSA) is 66.1 Å². The number of amides is 1. The van der Waals surface area contributed by atoms with E-state index in [0.717, 1.165) is 0 Å². The number of benzene rings is 1. The summed E-state index contributed by atoms with van der Waals surface area (Å²) in [4.78, 5) is 33.9. The summed E-state index contributed by atoms with van der Waals surface area (Å²) in [5, 5.41) is 0.562. The van der Waals surface area contributed by atoms with Gasteiger partial charge in [-0.05, 0) is 37.3 Å². The number of allylic oxidation sites excluding steroid dienone is 2. The van der Waals surface area contributed by atoms with Crippen LogP contribution in [0.15, 0.2) is 40.7 Å². The van der Waals surface area contributed by atoms with Gasteiger partial charge in [0.05, 0.1) is 23.4 Å². The fourth-order valence-corrected chi connectivity index (χ4v) is 3.57. The minimum atomic E-state index is -0.171. The van der Waals surface area contributed by atoms with Crippen LogP contribution < -0.4 is 5.56 Å². The minimum Gasteiger partial charge on any atom is -0.338 e. The van der Waals surface area contributed by atoms with Crippen LogP contribution in [0.2, 0.25) is 0 Å². The first-order valence-electron chi connectivity index (χ1n) is 8.59. The smallest absolute Gasteiger partial charge is 0.258 e. The summed E-state index contributed by atoms with van der Waals surface area (Å²) in [7, 11) is 1.77. The van der Waals surface area contributed by atoms with Crippen molar-refractivity contribution in [2.24, 2.45) is 17.3 Å². The molecule has 1 heterocycles. The molecule has 1 aromatic heterocycles. The molecule has 0 unspecified atom stereocenters. The molecule has 0 radical (unpaired) electrons. The Labute approximate surface area is 147 Å². The Balaban J connectivity index is 1.79. The third kappa shape index (κ3) is 3.23. The third-order valence-corrected chi connectivity index (χ3v) is 5.11. The number of aromatic amines is 1. The van der Waals surface area contributed by atoms with Gasteiger partial charge in [-0.25, -0.2) is 4.98 Å². The van der Waals surface area contributed by atoms with Gasteiger partial charge in [0.2, 0.25) is 5.91 Å². The van der Waals surface area contributed by atoms with Gasteiger partial charge < -0.3 is 9.88 Å². The lowest BCUT2D eigenvalue weighted by Crippen LogP contribution is -2.31. The van der Waals surface area contributed by atoms with Crippen LogP contribution in [-0.4, -0.2) is 27.8 Å². The van der Waals surface area contributed by atoms with Gasteiger partial charge in [0.25, 0.3) is 5.56 Å². The van der Waals surface area contributed by atoms with Crippen LogP contribution in [0.4, 0.5) is 0 Å². The second-order valence-corrected chi connectivity index (χ2v) is 7.79. The zero-order valence-electron chi connectivity index (χ0n) is 15.5. The number of aromatic nitrogens is 2. The summed E-state index contributed by atoms with van der Waals surface area (Å²) >= 11 is 0. The number of carbonyl (C=O) groups excluding carboxylic acids is 1. The molecule has 1 fully saturated rings. The number of hydrogen-bond donors (Lipinski definition) is 1. The highest BCUT2D eigenvalue weighted by Crippen LogP contribution is 2.60. The Morgan fingerprint density at radius 1 is 1.32 bits per heavy atom. The molecule has 2 atom stereocenters. The highest BCUT2D eigenvalue weighted by molar-refractivity contribution is 5.83. The summed E-state index contributed by atoms with van der Waals surface area (Å²) in [6.45, 7) is 8.67. The van der Waals surface area contributed by atoms with Gasteiger partial charge in [0.1, 0.15) is 5.82 Å². The fraction of sp³-hybridized carbons (Fsp3) is 0.450. The molecule has 1 aliphatic carbocycles. The van der Waals surface area contributed by atoms with Gasteiger partial charge >= 0.3 is 0 Å². The van der Waals surface area contributed by atoms with Gasteiger partial charge in [0, 0.05) is 7.05 Å². The Morgan fingerprint density at radius 2 is 2.00 bits per heavy atom. The van der Waals surface area contributed by atoms with Gasteiger partial charge in [-0.1, -0.05) is 37.6 Å². The van der Waals surface area contributed by atoms with Crippen LogP contribution in [0.1, 0.15) is 33.5 Å². The lowest BCUT2D eigenvalue weighted by molar-refractivity contribution is -0.132. The van der Waals surface area contributed by atoms with E-state index in [9.17, 15) is 9.59 Å². The average molecular weight is 339 g/mol. The van der Waals surface area contributed by atoms with E-state index in [1.807, 2.05) is 18.2 Å². The maximum absolute atomic E-state index is 12.8. The Hall–Kier alpha value is -2.43. The normalized spacial score (nSPS) is 21.0. The van der Waals surface area contributed by atoms with Crippen LogP contribution in [0.3, 0.4) is 0 Å². The van der Waals surface area contributed by atoms with Gasteiger partial charge in [-0.3, -0.25) is 9.59 Å². The molecule has 0 bridgehead atoms. The van der Waals surface area contributed by atoms with Gasteiger partial charge in [0.15, 0.2) is 0 Å². The summed E-state index contributed by atoms with van der Waals surface area (Å²) in [5.74, 6) is 0.871. The van der Waals surface area contributed by atoms with E-state index in [0.29, 0.717) is 23.3 Å². The van der Waals surface area contributed by atoms with Crippen molar-refractivity contribution in [3.8, 4) is 0 Å². The molecule has 1 aliphatic rings. The summed E-state index contributed by atoms with van der Waals surface area (Å²) in [6, 6.07) is 7.22. The van der Waals surface area contributed by atoms with E-state index in [4.69, 9.17) is 0 Å². The zero-order chi connectivity index (χ0) is 18.4. The minimum absolute atomic E-state index is 0.0143. The van der Waals surface area contributed by atoms with Gasteiger partial charge in [-0.2, -0.15) is 0 Å². The number of carbonyl (C=O) groups is 1. The Kier molecular flexibility index (Phi) is 4.27. The molecule has 5 heteroatoms. The number of para-hydroxylation sites is 1. The molecule has 1 N–H and O–H groups in total. The molecule has 0 spiro atoms. The van der Waals surface area contributed by atoms with E-state index < -0.39 is 0 Å². The van der Waals surface area contributed by atoms with Crippen molar-refractivity contribution in [3.63, 3.8) is 0 Å². The molecular formula is C20H25N3O2. The van der Waals surface area contributed by atoms with Crippen LogP contribution in [0, 0.1) is 17.3 Å². The average Bonchev–Trinajstić information content (AvgIpc) is 3.06. The SMILES string of the molecule is CC(C)=C[C@@H]1[C@H](C(=O)N(C)Cc2nc3ccccc3c(=O)[nH]2)C1(C)C. The first-order valence-corrected chi connectivity index (χ1v) is 8.59. The quantitative estimate of drug-likeness (QED) is 0.870. The van der Waals surface area contributed by atoms with Crippen molar-refractivity contribution < 1.29 is 4.79 Å². The highest BCUT2D eigenvalue weighted by Gasteiger charge is 2.60. The second-order valence-electron chi connectivity index (χ2n) is 7.79. The number of hydrogen-bond acceptors (Lipinski definition) is 3. The summed E-state index contributed by atoms with van der Waals surface area (Å²) in [5.41, 5.74) is 1.69. The first-order chi connectivity index (χ1) is 11.7. The number of H-pyrrole nitrogens is 1. The molecule has 25 heavy (non-hydrogen) atoms. The van der Waals surface area contributed by atoms with Gasteiger partial charge in [-0.15, -0.1) is 0 Å². The van der Waals surface area contributed by atoms with Crippen molar-refractivity contribution in [2.45, 2.75) is 34.2 Å². The molecular weight excluding hydrogens is 314 g/mol. The number of rotatable bonds is 4. The van der Waals surface area contributed by atoms with Crippen molar-refractivity contribution in [1.29, 1.82) is 0 Å². The molecule has 5 nitrogen and oxygen atoms in total. The van der Waals surface area contributed by atoms with E-state index in [2.05, 4.69) is 43.7 Å². The Morgan fingerprint density at radius 3 is 2.68 bits per heavy atom. The van der Waals surface area contributed by atoms with Crippen molar-refractivity contribution in [3.05, 3.63) is 52.1 Å². The predicted octanol–water partition coefficient (Wildman–Crippen LogP) is 3.12. The fourth-order valence-electron chi connectivity index (χ4n) is 3.57. The van der Waals surface area contributed by atoms with Crippen molar-refractivity contribution in [2.75, 3.05) is 7.05 Å². The maximum atomic E-state index is 12.8. The monoisotopic (exact) mass is 339 g/mol. The molecule has 1 saturated carbocycles. The molecule has 1 amide bonds. The van der Waals surface area contributed by atoms with E-state index in [1.165, 1.54) is 5.57 Å². The molecule has 132 valence electrons. The summed E-state index contributed by atoms with van der Waals surface area (Å²) in [6.07, 6.45) is 2.19. The number of fused-ring (bicyclic) bond motifs is 1. The molecule has 0 saturated heterocycles. The first kappa shape index (κ1) is 17.4. The zero-order valence-corrected chi connectivity index (χ0v) is 15.5. The van der Waals surface area contributed by atoms with Crippen LogP contribution in [0.5, 0.6) is 0 Å². The standard InChI is InChI=1S/C20H25N3O2/c1-12(2)10-14-17(20(14,3)4)19(25)23(5)11-16-21-15-9-7-6-8-13(15)18(24)22-16/h6-10,14,17H,11H2,1-5H3,(H,21,22,24)/t14-,17-/m1/s1. The molecule has 2 aromatic rings. The largest absolute Gasteiger partial charge is 0.338 e. The van der Waals surface area contributed by atoms with Crippen LogP contribution in [-0.2, 0) is 11.3 Å². The van der Waals surface area contributed by atoms with Crippen LogP contribution >= 0.6 is 0 Å². The van der Waals surface area contributed by atoms with Crippen molar-refractivity contribution >= 4 is 16.8 Å². The predicted molar refractivity (Wildman–Crippen MR) is 99.0 cm³/mol. The second kappa shape index (κ2) is 6.14. The lowest BCUT2D eigenvalue weighted by atomic mass is 10.1. The maximum Gasteiger partial charge on any atom is 0.258 e. The van der Waals surface area contributed by atoms with E-state index in [1.54, 1.807) is 18.0 Å². The highest BCUT2D eigenvalue weighted by atomic mass is 16.2.